The lowest BCUT2D eigenvalue weighted by atomic mass is 10.3. The number of fused-ring (bicyclic) bond motifs is 1. The van der Waals surface area contributed by atoms with Crippen LogP contribution >= 0.6 is 0 Å². The molecule has 0 fully saturated rings. The second kappa shape index (κ2) is 4.37. The number of benzene rings is 1. The van der Waals surface area contributed by atoms with Crippen molar-refractivity contribution in [1.82, 2.24) is 15.0 Å². The maximum atomic E-state index is 5.19. The van der Waals surface area contributed by atoms with Gasteiger partial charge in [-0.2, -0.15) is 0 Å². The molecule has 0 aliphatic carbocycles. The molecule has 2 heterocycles. The van der Waals surface area contributed by atoms with E-state index in [4.69, 9.17) is 4.74 Å². The number of hydrogen-bond acceptors (Lipinski definition) is 4. The van der Waals surface area contributed by atoms with Crippen LogP contribution in [0.4, 0.5) is 11.5 Å². The Bertz CT molecular complexity index is 677. The monoisotopic (exact) mass is 240 g/mol. The first-order valence-electron chi connectivity index (χ1n) is 5.56. The zero-order chi connectivity index (χ0) is 12.4. The molecular weight excluding hydrogens is 228 g/mol. The zero-order valence-corrected chi connectivity index (χ0v) is 9.84. The molecule has 3 rings (SSSR count). The van der Waals surface area contributed by atoms with Gasteiger partial charge in [0.1, 0.15) is 23.5 Å². The number of aromatic amines is 1. The molecule has 18 heavy (non-hydrogen) atoms. The summed E-state index contributed by atoms with van der Waals surface area (Å²) in [5.74, 6) is 1.58. The molecule has 1 aromatic carbocycles. The van der Waals surface area contributed by atoms with E-state index in [-0.39, 0.29) is 0 Å². The Morgan fingerprint density at radius 3 is 3.06 bits per heavy atom. The Labute approximate surface area is 104 Å². The topological polar surface area (TPSA) is 62.8 Å². The van der Waals surface area contributed by atoms with Crippen molar-refractivity contribution < 1.29 is 4.74 Å². The third-order valence-corrected chi connectivity index (χ3v) is 2.69. The van der Waals surface area contributed by atoms with E-state index in [0.29, 0.717) is 0 Å². The van der Waals surface area contributed by atoms with E-state index in [0.717, 1.165) is 28.3 Å². The highest BCUT2D eigenvalue weighted by molar-refractivity contribution is 5.88. The van der Waals surface area contributed by atoms with Gasteiger partial charge < -0.3 is 15.0 Å². The lowest BCUT2D eigenvalue weighted by Gasteiger charge is -2.07. The minimum absolute atomic E-state index is 0.773. The number of nitrogens with zero attached hydrogens (tertiary/aromatic N) is 2. The van der Waals surface area contributed by atoms with Crippen molar-refractivity contribution >= 4 is 22.5 Å². The summed E-state index contributed by atoms with van der Waals surface area (Å²) in [6.45, 7) is 0. The number of ether oxygens (including phenoxy) is 1. The Balaban J connectivity index is 1.98. The van der Waals surface area contributed by atoms with E-state index >= 15 is 0 Å². The highest BCUT2D eigenvalue weighted by Crippen LogP contribution is 2.24. The van der Waals surface area contributed by atoms with Crippen LogP contribution < -0.4 is 10.1 Å². The number of H-pyrrole nitrogens is 1. The first-order valence-corrected chi connectivity index (χ1v) is 5.56. The number of rotatable bonds is 3. The van der Waals surface area contributed by atoms with Gasteiger partial charge in [0.2, 0.25) is 0 Å². The van der Waals surface area contributed by atoms with Gasteiger partial charge in [0, 0.05) is 18.0 Å². The van der Waals surface area contributed by atoms with Gasteiger partial charge >= 0.3 is 0 Å². The lowest BCUT2D eigenvalue weighted by Crippen LogP contribution is -1.95. The van der Waals surface area contributed by atoms with Gasteiger partial charge in [-0.25, -0.2) is 9.97 Å². The molecule has 0 amide bonds. The molecule has 0 aliphatic rings. The van der Waals surface area contributed by atoms with Gasteiger partial charge in [-0.15, -0.1) is 0 Å². The summed E-state index contributed by atoms with van der Waals surface area (Å²) in [7, 11) is 1.65. The van der Waals surface area contributed by atoms with Crippen LogP contribution in [-0.2, 0) is 0 Å². The second-order valence-electron chi connectivity index (χ2n) is 3.82. The van der Waals surface area contributed by atoms with Crippen LogP contribution in [0.1, 0.15) is 0 Å². The highest BCUT2D eigenvalue weighted by atomic mass is 16.5. The van der Waals surface area contributed by atoms with Crippen molar-refractivity contribution in [2.24, 2.45) is 0 Å². The maximum absolute atomic E-state index is 5.19. The lowest BCUT2D eigenvalue weighted by molar-refractivity contribution is 0.415. The van der Waals surface area contributed by atoms with Gasteiger partial charge in [0.05, 0.1) is 12.5 Å². The van der Waals surface area contributed by atoms with Gasteiger partial charge in [-0.1, -0.05) is 6.07 Å². The minimum atomic E-state index is 0.773. The molecule has 0 saturated carbocycles. The molecule has 0 bridgehead atoms. The summed E-state index contributed by atoms with van der Waals surface area (Å²) in [6, 6.07) is 9.65. The predicted molar refractivity (Wildman–Crippen MR) is 70.2 cm³/mol. The third kappa shape index (κ3) is 1.86. The Morgan fingerprint density at radius 1 is 1.22 bits per heavy atom. The minimum Gasteiger partial charge on any atom is -0.497 e. The predicted octanol–water partition coefficient (Wildman–Crippen LogP) is 2.71. The van der Waals surface area contributed by atoms with E-state index in [1.807, 2.05) is 36.5 Å². The van der Waals surface area contributed by atoms with Crippen LogP contribution in [0.5, 0.6) is 5.75 Å². The number of anilines is 2. The number of nitrogens with one attached hydrogen (secondary N) is 2. The van der Waals surface area contributed by atoms with Gasteiger partial charge in [-0.05, 0) is 18.2 Å². The molecular formula is C13H12N4O. The van der Waals surface area contributed by atoms with Crippen LogP contribution in [-0.4, -0.2) is 22.1 Å². The Hall–Kier alpha value is -2.56. The zero-order valence-electron chi connectivity index (χ0n) is 9.84. The second-order valence-corrected chi connectivity index (χ2v) is 3.82. The van der Waals surface area contributed by atoms with Crippen molar-refractivity contribution in [3.05, 3.63) is 42.9 Å². The molecule has 5 nitrogen and oxygen atoms in total. The number of methoxy groups -OCH3 is 1. The van der Waals surface area contributed by atoms with Crippen molar-refractivity contribution in [3.8, 4) is 5.75 Å². The average molecular weight is 240 g/mol. The van der Waals surface area contributed by atoms with Crippen LogP contribution in [0, 0.1) is 0 Å². The molecule has 2 N–H and O–H groups in total. The molecule has 0 spiro atoms. The van der Waals surface area contributed by atoms with E-state index in [2.05, 4.69) is 20.3 Å². The molecule has 0 radical (unpaired) electrons. The quantitative estimate of drug-likeness (QED) is 0.738. The van der Waals surface area contributed by atoms with E-state index in [9.17, 15) is 0 Å². The van der Waals surface area contributed by atoms with Crippen molar-refractivity contribution in [2.75, 3.05) is 12.4 Å². The fourth-order valence-corrected chi connectivity index (χ4v) is 1.81. The molecule has 5 heteroatoms. The molecule has 0 aliphatic heterocycles. The fourth-order valence-electron chi connectivity index (χ4n) is 1.81. The van der Waals surface area contributed by atoms with Crippen LogP contribution in [0.3, 0.4) is 0 Å². The number of hydrogen-bond donors (Lipinski definition) is 2. The highest BCUT2D eigenvalue weighted by Gasteiger charge is 2.04. The van der Waals surface area contributed by atoms with Gasteiger partial charge in [0.25, 0.3) is 0 Å². The Morgan fingerprint density at radius 2 is 2.17 bits per heavy atom. The molecule has 0 atom stereocenters. The molecule has 0 unspecified atom stereocenters. The summed E-state index contributed by atoms with van der Waals surface area (Å²) in [5.41, 5.74) is 1.74. The molecule has 90 valence electrons. The van der Waals surface area contributed by atoms with E-state index in [1.54, 1.807) is 7.11 Å². The Kier molecular flexibility index (Phi) is 2.57. The molecule has 0 saturated heterocycles. The SMILES string of the molecule is COc1cccc(Nc2ncnc3[nH]ccc23)c1. The van der Waals surface area contributed by atoms with Gasteiger partial charge in [-0.3, -0.25) is 0 Å². The number of aromatic nitrogens is 3. The molecule has 2 aromatic heterocycles. The normalized spacial score (nSPS) is 10.5. The van der Waals surface area contributed by atoms with E-state index in [1.165, 1.54) is 6.33 Å². The summed E-state index contributed by atoms with van der Waals surface area (Å²) < 4.78 is 5.19. The summed E-state index contributed by atoms with van der Waals surface area (Å²) >= 11 is 0. The van der Waals surface area contributed by atoms with Crippen molar-refractivity contribution in [3.63, 3.8) is 0 Å². The van der Waals surface area contributed by atoms with Gasteiger partial charge in [0.15, 0.2) is 0 Å². The summed E-state index contributed by atoms with van der Waals surface area (Å²) in [5, 5.41) is 4.22. The van der Waals surface area contributed by atoms with Crippen molar-refractivity contribution in [1.29, 1.82) is 0 Å². The standard InChI is InChI=1S/C13H12N4O/c1-18-10-4-2-3-9(7-10)17-13-11-5-6-14-12(11)15-8-16-13/h2-8H,1H3,(H2,14,15,16,17). The smallest absolute Gasteiger partial charge is 0.143 e. The fraction of sp³-hybridized carbons (Fsp3) is 0.0769. The summed E-state index contributed by atoms with van der Waals surface area (Å²) in [6.07, 6.45) is 3.37. The first-order chi connectivity index (χ1) is 8.86. The van der Waals surface area contributed by atoms with Crippen molar-refractivity contribution in [2.45, 2.75) is 0 Å². The largest absolute Gasteiger partial charge is 0.497 e. The van der Waals surface area contributed by atoms with Crippen LogP contribution in [0.15, 0.2) is 42.9 Å². The average Bonchev–Trinajstić information content (AvgIpc) is 2.88. The van der Waals surface area contributed by atoms with E-state index < -0.39 is 0 Å². The molecule has 3 aromatic rings. The van der Waals surface area contributed by atoms with Crippen LogP contribution in [0.25, 0.3) is 11.0 Å². The first kappa shape index (κ1) is 10.6. The third-order valence-electron chi connectivity index (χ3n) is 2.69. The van der Waals surface area contributed by atoms with Crippen LogP contribution in [0.2, 0.25) is 0 Å². The maximum Gasteiger partial charge on any atom is 0.143 e. The summed E-state index contributed by atoms with van der Waals surface area (Å²) in [4.78, 5) is 11.4.